The minimum atomic E-state index is -0.611. The van der Waals surface area contributed by atoms with E-state index in [-0.39, 0.29) is 46.9 Å². The number of aliphatic hydroxyl groups is 1. The fourth-order valence-corrected chi connectivity index (χ4v) is 5.28. The summed E-state index contributed by atoms with van der Waals surface area (Å²) in [5, 5.41) is 10.8. The maximum Gasteiger partial charge on any atom is 0.331 e. The first-order valence-corrected chi connectivity index (χ1v) is 11.7. The fraction of sp³-hybridized carbons (Fsp3) is 0.500. The number of hydrogen-bond donors (Lipinski definition) is 1. The number of aryl methyl sites for hydroxylation is 1. The minimum Gasteiger partial charge on any atom is -0.394 e. The number of thiophene rings is 1. The summed E-state index contributed by atoms with van der Waals surface area (Å²) in [6.45, 7) is 5.64. The van der Waals surface area contributed by atoms with Crippen LogP contribution in [0, 0.1) is 12.8 Å². The smallest absolute Gasteiger partial charge is 0.331 e. The van der Waals surface area contributed by atoms with Crippen LogP contribution in [0.1, 0.15) is 34.9 Å². The molecule has 1 N–H and O–H groups in total. The van der Waals surface area contributed by atoms with E-state index in [2.05, 4.69) is 4.98 Å². The van der Waals surface area contributed by atoms with E-state index < -0.39 is 17.2 Å². The number of amides is 1. The third-order valence-electron chi connectivity index (χ3n) is 5.12. The molecule has 1 amide bonds. The van der Waals surface area contributed by atoms with Crippen LogP contribution in [0.15, 0.2) is 9.59 Å². The van der Waals surface area contributed by atoms with Crippen molar-refractivity contribution in [2.24, 2.45) is 13.0 Å². The third kappa shape index (κ3) is 4.60. The zero-order valence-corrected chi connectivity index (χ0v) is 21.2. The molecule has 0 aromatic carbocycles. The van der Waals surface area contributed by atoms with Gasteiger partial charge in [0.1, 0.15) is 15.8 Å². The molecule has 10 nitrogen and oxygen atoms in total. The summed E-state index contributed by atoms with van der Waals surface area (Å²) in [7, 11) is 2.68. The maximum atomic E-state index is 13.5. The van der Waals surface area contributed by atoms with E-state index in [4.69, 9.17) is 28.0 Å². The number of hydrogen-bond acceptors (Lipinski definition) is 7. The molecule has 0 bridgehead atoms. The van der Waals surface area contributed by atoms with E-state index in [1.807, 2.05) is 13.8 Å². The van der Waals surface area contributed by atoms with Gasteiger partial charge in [-0.15, -0.1) is 11.3 Å². The quantitative estimate of drug-likeness (QED) is 0.458. The summed E-state index contributed by atoms with van der Waals surface area (Å²) >= 11 is 13.5. The molecule has 0 fully saturated rings. The van der Waals surface area contributed by atoms with Gasteiger partial charge < -0.3 is 9.67 Å². The van der Waals surface area contributed by atoms with Crippen LogP contribution in [0.4, 0.5) is 0 Å². The molecular weight excluding hydrogens is 493 g/mol. The maximum absolute atomic E-state index is 13.5. The van der Waals surface area contributed by atoms with Crippen molar-refractivity contribution >= 4 is 50.7 Å². The molecule has 180 valence electrons. The predicted molar refractivity (Wildman–Crippen MR) is 127 cm³/mol. The van der Waals surface area contributed by atoms with Gasteiger partial charge in [-0.25, -0.2) is 14.8 Å². The summed E-state index contributed by atoms with van der Waals surface area (Å²) in [6.07, 6.45) is 0. The van der Waals surface area contributed by atoms with E-state index in [0.29, 0.717) is 22.1 Å². The van der Waals surface area contributed by atoms with Crippen molar-refractivity contribution in [3.05, 3.63) is 47.4 Å². The number of aliphatic hydroxyl groups excluding tert-OH is 1. The van der Waals surface area contributed by atoms with E-state index in [0.717, 1.165) is 21.0 Å². The Hall–Kier alpha value is -2.18. The number of fused-ring (bicyclic) bond motifs is 1. The van der Waals surface area contributed by atoms with Crippen LogP contribution in [0.25, 0.3) is 10.2 Å². The van der Waals surface area contributed by atoms with Gasteiger partial charge in [-0.1, -0.05) is 37.0 Å². The summed E-state index contributed by atoms with van der Waals surface area (Å²) in [4.78, 5) is 49.8. The molecule has 3 aromatic rings. The molecule has 0 aliphatic rings. The zero-order chi connectivity index (χ0) is 24.6. The molecule has 3 rings (SSSR count). The van der Waals surface area contributed by atoms with Gasteiger partial charge in [0, 0.05) is 18.5 Å². The Morgan fingerprint density at radius 3 is 2.45 bits per heavy atom. The van der Waals surface area contributed by atoms with Gasteiger partial charge in [0.15, 0.2) is 5.15 Å². The highest BCUT2D eigenvalue weighted by molar-refractivity contribution is 7.19. The molecular formula is C20H25Cl2N5O5S. The van der Waals surface area contributed by atoms with E-state index in [9.17, 15) is 19.5 Å². The Bertz CT molecular complexity index is 1320. The Morgan fingerprint density at radius 1 is 1.27 bits per heavy atom. The van der Waals surface area contributed by atoms with Gasteiger partial charge in [0.25, 0.3) is 11.5 Å². The summed E-state index contributed by atoms with van der Waals surface area (Å²) in [6, 6.07) is 0. The first-order chi connectivity index (χ1) is 15.5. The first kappa shape index (κ1) is 25.4. The molecule has 0 aliphatic heterocycles. The van der Waals surface area contributed by atoms with Crippen molar-refractivity contribution in [1.29, 1.82) is 0 Å². The molecule has 0 spiro atoms. The highest BCUT2D eigenvalue weighted by Gasteiger charge is 2.29. The lowest BCUT2D eigenvalue weighted by Crippen LogP contribution is -2.39. The van der Waals surface area contributed by atoms with Crippen molar-refractivity contribution in [2.75, 3.05) is 20.3 Å². The number of imidazole rings is 1. The van der Waals surface area contributed by atoms with Crippen LogP contribution < -0.4 is 11.2 Å². The average Bonchev–Trinajstić information content (AvgIpc) is 3.25. The highest BCUT2D eigenvalue weighted by Crippen LogP contribution is 2.33. The lowest BCUT2D eigenvalue weighted by molar-refractivity contribution is -0.101. The van der Waals surface area contributed by atoms with Crippen LogP contribution >= 0.6 is 34.5 Å². The lowest BCUT2D eigenvalue weighted by Gasteiger charge is -2.19. The Balaban J connectivity index is 2.39. The highest BCUT2D eigenvalue weighted by atomic mass is 35.5. The Kier molecular flexibility index (Phi) is 7.69. The van der Waals surface area contributed by atoms with Crippen LogP contribution in [0.2, 0.25) is 10.3 Å². The summed E-state index contributed by atoms with van der Waals surface area (Å²) in [5.41, 5.74) is -0.970. The molecule has 0 atom stereocenters. The Labute approximate surface area is 203 Å². The molecule has 3 heterocycles. The van der Waals surface area contributed by atoms with E-state index in [1.54, 1.807) is 11.5 Å². The third-order valence-corrected chi connectivity index (χ3v) is 7.06. The Morgan fingerprint density at radius 2 is 1.94 bits per heavy atom. The van der Waals surface area contributed by atoms with Gasteiger partial charge >= 0.3 is 5.69 Å². The standard InChI is InChI=1S/C20H25Cl2N5O5S/c1-10(2)8-26-19-14(17(29)24(4)20(26)31)13(18(30)27(32-5)6-7-28)12(33-19)9-25-11(3)23-15(21)16(25)22/h10,28H,6-9H2,1-5H3. The van der Waals surface area contributed by atoms with Gasteiger partial charge in [-0.2, -0.15) is 0 Å². The summed E-state index contributed by atoms with van der Waals surface area (Å²) in [5.74, 6) is 0.0222. The molecule has 13 heteroatoms. The van der Waals surface area contributed by atoms with Crippen molar-refractivity contribution in [3.8, 4) is 0 Å². The van der Waals surface area contributed by atoms with Gasteiger partial charge in [-0.05, 0) is 12.8 Å². The number of nitrogens with zero attached hydrogens (tertiary/aromatic N) is 5. The second kappa shape index (κ2) is 9.98. The van der Waals surface area contributed by atoms with Crippen molar-refractivity contribution in [2.45, 2.75) is 33.9 Å². The summed E-state index contributed by atoms with van der Waals surface area (Å²) < 4.78 is 4.11. The normalized spacial score (nSPS) is 11.7. The number of halogens is 2. The average molecular weight is 518 g/mol. The van der Waals surface area contributed by atoms with E-state index in [1.165, 1.54) is 18.7 Å². The number of rotatable bonds is 8. The van der Waals surface area contributed by atoms with Gasteiger partial charge in [-0.3, -0.25) is 23.6 Å². The zero-order valence-electron chi connectivity index (χ0n) is 18.9. The predicted octanol–water partition coefficient (Wildman–Crippen LogP) is 2.27. The SMILES string of the molecule is CON(CCO)C(=O)c1c(Cn2c(C)nc(Cl)c2Cl)sc2c1c(=O)n(C)c(=O)n2CC(C)C. The van der Waals surface area contributed by atoms with Crippen LogP contribution in [0.5, 0.6) is 0 Å². The molecule has 33 heavy (non-hydrogen) atoms. The number of aromatic nitrogens is 4. The molecule has 0 aliphatic carbocycles. The van der Waals surface area contributed by atoms with Crippen molar-refractivity contribution < 1.29 is 14.7 Å². The van der Waals surface area contributed by atoms with Crippen molar-refractivity contribution in [1.82, 2.24) is 23.7 Å². The molecule has 0 saturated heterocycles. The monoisotopic (exact) mass is 517 g/mol. The van der Waals surface area contributed by atoms with Gasteiger partial charge in [0.2, 0.25) is 0 Å². The van der Waals surface area contributed by atoms with Crippen LogP contribution in [-0.2, 0) is 25.0 Å². The number of hydroxylamine groups is 2. The fourth-order valence-electron chi connectivity index (χ4n) is 3.56. The van der Waals surface area contributed by atoms with E-state index >= 15 is 0 Å². The topological polar surface area (TPSA) is 112 Å². The lowest BCUT2D eigenvalue weighted by atomic mass is 10.1. The van der Waals surface area contributed by atoms with Gasteiger partial charge in [0.05, 0.1) is 37.8 Å². The molecule has 0 unspecified atom stereocenters. The first-order valence-electron chi connectivity index (χ1n) is 10.1. The second-order valence-electron chi connectivity index (χ2n) is 7.87. The molecule has 3 aromatic heterocycles. The number of carbonyl (C=O) groups is 1. The molecule has 0 saturated carbocycles. The minimum absolute atomic E-state index is 0.0868. The second-order valence-corrected chi connectivity index (χ2v) is 9.67. The molecule has 0 radical (unpaired) electrons. The van der Waals surface area contributed by atoms with Crippen LogP contribution in [0.3, 0.4) is 0 Å². The largest absolute Gasteiger partial charge is 0.394 e. The van der Waals surface area contributed by atoms with Crippen LogP contribution in [-0.4, -0.2) is 55.0 Å². The number of carbonyl (C=O) groups excluding carboxylic acids is 1. The van der Waals surface area contributed by atoms with Crippen molar-refractivity contribution in [3.63, 3.8) is 0 Å².